The quantitative estimate of drug-likeness (QED) is 0.284. The lowest BCUT2D eigenvalue weighted by Gasteiger charge is -2.34. The molecule has 12 heteroatoms. The zero-order valence-electron chi connectivity index (χ0n) is 33.9. The van der Waals surface area contributed by atoms with Crippen LogP contribution in [0.3, 0.4) is 0 Å². The van der Waals surface area contributed by atoms with Gasteiger partial charge in [-0.05, 0) is 104 Å². The van der Waals surface area contributed by atoms with Gasteiger partial charge in [-0.1, -0.05) is 58.8 Å². The number of methoxy groups -OCH3 is 1. The van der Waals surface area contributed by atoms with Crippen LogP contribution in [0, 0.1) is 11.8 Å². The maximum absolute atomic E-state index is 14.7. The van der Waals surface area contributed by atoms with Gasteiger partial charge in [-0.2, -0.15) is 5.10 Å². The number of hydrogen-bond donors (Lipinski definition) is 1. The molecule has 1 saturated carbocycles. The van der Waals surface area contributed by atoms with Gasteiger partial charge in [0.2, 0.25) is 10.0 Å². The summed E-state index contributed by atoms with van der Waals surface area (Å²) in [5.41, 5.74) is 7.46. The number of aromatic nitrogens is 2. The van der Waals surface area contributed by atoms with E-state index < -0.39 is 15.9 Å². The van der Waals surface area contributed by atoms with Gasteiger partial charge in [0.15, 0.2) is 0 Å². The molecular formula is C44H58N6O5S. The number of likely N-dealkylation sites (tertiary alicyclic amines) is 2. The molecule has 5 heterocycles. The smallest absolute Gasteiger partial charge is 0.264 e. The summed E-state index contributed by atoms with van der Waals surface area (Å²) in [5.74, 6) is 0.00891. The van der Waals surface area contributed by atoms with E-state index in [9.17, 15) is 18.0 Å². The Morgan fingerprint density at radius 2 is 1.82 bits per heavy atom. The molecule has 300 valence electrons. The molecule has 3 fully saturated rings. The Labute approximate surface area is 332 Å². The second kappa shape index (κ2) is 16.2. The largest absolute Gasteiger partial charge is 0.497 e. The van der Waals surface area contributed by atoms with E-state index in [1.165, 1.54) is 6.42 Å². The molecule has 1 aromatic heterocycles. The number of benzene rings is 1. The number of carbonyl (C=O) groups excluding carboxylic acids is 2. The van der Waals surface area contributed by atoms with E-state index in [0.29, 0.717) is 31.2 Å². The van der Waals surface area contributed by atoms with Crippen LogP contribution in [-0.2, 0) is 14.8 Å². The summed E-state index contributed by atoms with van der Waals surface area (Å²) in [7, 11) is -2.18. The van der Waals surface area contributed by atoms with Crippen molar-refractivity contribution in [2.75, 3.05) is 45.6 Å². The molecule has 0 radical (unpaired) electrons. The number of rotatable bonds is 10. The monoisotopic (exact) mass is 782 g/mol. The number of amides is 2. The Hall–Kier alpha value is -4.42. The molecule has 1 aliphatic carbocycles. The lowest BCUT2D eigenvalue weighted by atomic mass is 9.78. The molecule has 2 saturated heterocycles. The van der Waals surface area contributed by atoms with Crippen LogP contribution in [0.5, 0.6) is 5.75 Å². The van der Waals surface area contributed by atoms with Crippen molar-refractivity contribution in [3.63, 3.8) is 0 Å². The van der Waals surface area contributed by atoms with E-state index in [0.717, 1.165) is 90.2 Å². The zero-order valence-corrected chi connectivity index (χ0v) is 34.7. The van der Waals surface area contributed by atoms with Gasteiger partial charge in [-0.25, -0.2) is 13.1 Å². The third kappa shape index (κ3) is 7.92. The van der Waals surface area contributed by atoms with Crippen LogP contribution in [0.25, 0.3) is 17.3 Å². The number of ether oxygens (including phenoxy) is 1. The fourth-order valence-corrected chi connectivity index (χ4v) is 10.8. The minimum absolute atomic E-state index is 0.00771. The molecule has 2 amide bonds. The number of carbonyl (C=O) groups is 2. The number of fused-ring (bicyclic) bond motifs is 5. The third-order valence-electron chi connectivity index (χ3n) is 12.0. The second-order valence-corrected chi connectivity index (χ2v) is 18.5. The summed E-state index contributed by atoms with van der Waals surface area (Å²) in [6.45, 7) is 17.9. The van der Waals surface area contributed by atoms with Crippen LogP contribution >= 0.6 is 0 Å². The van der Waals surface area contributed by atoms with Crippen LogP contribution in [0.4, 0.5) is 0 Å². The van der Waals surface area contributed by atoms with Gasteiger partial charge in [-0.3, -0.25) is 19.2 Å². The lowest BCUT2D eigenvalue weighted by Crippen LogP contribution is -2.48. The first-order valence-electron chi connectivity index (χ1n) is 20.4. The highest BCUT2D eigenvalue weighted by Crippen LogP contribution is 2.44. The van der Waals surface area contributed by atoms with Crippen molar-refractivity contribution >= 4 is 39.2 Å². The number of sulfonamides is 1. The maximum Gasteiger partial charge on any atom is 0.264 e. The van der Waals surface area contributed by atoms with Crippen molar-refractivity contribution in [1.82, 2.24) is 29.2 Å². The Balaban J connectivity index is 1.38. The first-order chi connectivity index (χ1) is 26.8. The predicted octanol–water partition coefficient (Wildman–Crippen LogP) is 6.69. The van der Waals surface area contributed by atoms with E-state index in [4.69, 9.17) is 9.84 Å². The van der Waals surface area contributed by atoms with Crippen molar-refractivity contribution < 1.29 is 22.7 Å². The van der Waals surface area contributed by atoms with E-state index in [1.54, 1.807) is 19.4 Å². The first-order valence-corrected chi connectivity index (χ1v) is 22.1. The molecule has 1 N–H and O–H groups in total. The van der Waals surface area contributed by atoms with Crippen molar-refractivity contribution in [1.29, 1.82) is 0 Å². The Bertz CT molecular complexity index is 2120. The van der Waals surface area contributed by atoms with Gasteiger partial charge < -0.3 is 14.5 Å². The number of allylic oxidation sites excluding steroid dienone is 3. The molecule has 2 aromatic rings. The van der Waals surface area contributed by atoms with Crippen LogP contribution in [0.15, 0.2) is 65.9 Å². The van der Waals surface area contributed by atoms with E-state index in [-0.39, 0.29) is 41.2 Å². The minimum atomic E-state index is -3.85. The summed E-state index contributed by atoms with van der Waals surface area (Å²) in [4.78, 5) is 35.2. The number of nitrogens with zero attached hydrogens (tertiary/aromatic N) is 5. The van der Waals surface area contributed by atoms with Gasteiger partial charge in [0.1, 0.15) is 5.75 Å². The highest BCUT2D eigenvalue weighted by atomic mass is 32.2. The second-order valence-electron chi connectivity index (χ2n) is 16.8. The normalized spacial score (nSPS) is 24.8. The van der Waals surface area contributed by atoms with Gasteiger partial charge in [0.25, 0.3) is 11.8 Å². The fourth-order valence-electron chi connectivity index (χ4n) is 9.48. The lowest BCUT2D eigenvalue weighted by molar-refractivity contribution is -0.115. The SMILES string of the molecule is C=C1/C=C\C(C(=O)NS(=O)(=O)CC(C)C)=C/CN2CC(c3c(C(=O)N4C[C@H]5C[C@@H]4CN5CC)cnn3C(C)C)=Cc3cc(OC)ccc3/C2=C/1C1CCCCC1. The Morgan fingerprint density at radius 1 is 1.05 bits per heavy atom. The molecule has 4 aliphatic heterocycles. The van der Waals surface area contributed by atoms with Gasteiger partial charge >= 0.3 is 0 Å². The highest BCUT2D eigenvalue weighted by Gasteiger charge is 2.45. The summed E-state index contributed by atoms with van der Waals surface area (Å²) < 4.78 is 35.9. The van der Waals surface area contributed by atoms with Gasteiger partial charge in [0, 0.05) is 61.1 Å². The van der Waals surface area contributed by atoms with Crippen LogP contribution in [0.1, 0.15) is 106 Å². The molecule has 2 atom stereocenters. The molecule has 0 unspecified atom stereocenters. The van der Waals surface area contributed by atoms with Crippen molar-refractivity contribution in [2.45, 2.75) is 91.3 Å². The fraction of sp³-hybridized carbons (Fsp3) is 0.523. The molecule has 1 aromatic carbocycles. The summed E-state index contributed by atoms with van der Waals surface area (Å²) in [6, 6.07) is 6.68. The molecule has 11 nitrogen and oxygen atoms in total. The number of likely N-dealkylation sites (N-methyl/N-ethyl adjacent to an activating group) is 1. The van der Waals surface area contributed by atoms with E-state index in [2.05, 4.69) is 65.0 Å². The first kappa shape index (κ1) is 39.8. The summed E-state index contributed by atoms with van der Waals surface area (Å²) >= 11 is 0. The van der Waals surface area contributed by atoms with E-state index >= 15 is 0 Å². The summed E-state index contributed by atoms with van der Waals surface area (Å²) in [5, 5.41) is 4.86. The molecule has 56 heavy (non-hydrogen) atoms. The molecular weight excluding hydrogens is 725 g/mol. The standard InChI is InChI=1S/C44H58N6O5S/c1-8-47-25-36-22-35(47)26-49(36)44(52)39-23-45-50(29(4)5)41(39)34-20-33-21-37(55-7)16-17-38(33)42-40(31-12-10-9-11-13-31)30(6)14-15-32(18-19-48(42)24-34)43(51)46-56(53,54)27-28(2)3/h14-18,20-21,23,28-29,31,35-36H,6,8-13,19,22,24-27H2,1-5,7H3,(H,46,51)/b15-14-,32-18+,42-40+/t35-,36-/m1/s1. The van der Waals surface area contributed by atoms with Crippen molar-refractivity contribution in [3.8, 4) is 5.75 Å². The Kier molecular flexibility index (Phi) is 11.5. The molecule has 0 spiro atoms. The number of piperazine rings is 1. The third-order valence-corrected chi connectivity index (χ3v) is 13.6. The average molecular weight is 783 g/mol. The van der Waals surface area contributed by atoms with Gasteiger partial charge in [-0.15, -0.1) is 0 Å². The number of nitrogens with one attached hydrogen (secondary N) is 1. The highest BCUT2D eigenvalue weighted by molar-refractivity contribution is 7.90. The van der Waals surface area contributed by atoms with Crippen LogP contribution < -0.4 is 9.46 Å². The van der Waals surface area contributed by atoms with Crippen LogP contribution in [-0.4, -0.2) is 102 Å². The average Bonchev–Trinajstić information content (AvgIpc) is 3.89. The molecule has 5 aliphatic rings. The molecule has 7 rings (SSSR count). The zero-order chi connectivity index (χ0) is 39.9. The van der Waals surface area contributed by atoms with Crippen molar-refractivity contribution in [2.24, 2.45) is 11.8 Å². The predicted molar refractivity (Wildman–Crippen MR) is 222 cm³/mol. The van der Waals surface area contributed by atoms with Crippen molar-refractivity contribution in [3.05, 3.63) is 88.3 Å². The van der Waals surface area contributed by atoms with Gasteiger partial charge in [0.05, 0.1) is 30.3 Å². The van der Waals surface area contributed by atoms with E-state index in [1.807, 2.05) is 36.7 Å². The summed E-state index contributed by atoms with van der Waals surface area (Å²) in [6.07, 6.45) is 15.8. The topological polar surface area (TPSA) is 117 Å². The van der Waals surface area contributed by atoms with Crippen LogP contribution in [0.2, 0.25) is 0 Å². The Morgan fingerprint density at radius 3 is 2.48 bits per heavy atom. The number of hydrogen-bond acceptors (Lipinski definition) is 8. The minimum Gasteiger partial charge on any atom is -0.497 e. The molecule has 2 bridgehead atoms. The maximum atomic E-state index is 14.7.